The van der Waals surface area contributed by atoms with Crippen molar-refractivity contribution in [3.05, 3.63) is 58.3 Å². The molecule has 0 spiro atoms. The fraction of sp³-hybridized carbons (Fsp3) is 0.167. The third kappa shape index (κ3) is 4.04. The number of benzene rings is 1. The number of hydrogen-bond acceptors (Lipinski definition) is 6. The summed E-state index contributed by atoms with van der Waals surface area (Å²) in [5.74, 6) is -0.0964. The minimum absolute atomic E-state index is 0.0527. The largest absolute Gasteiger partial charge is 0.481 e. The van der Waals surface area contributed by atoms with Crippen LogP contribution in [-0.2, 0) is 17.8 Å². The van der Waals surface area contributed by atoms with Crippen LogP contribution < -0.4 is 5.32 Å². The second kappa shape index (κ2) is 7.59. The molecule has 0 radical (unpaired) electrons. The zero-order chi connectivity index (χ0) is 18.7. The van der Waals surface area contributed by atoms with Crippen LogP contribution in [0.1, 0.15) is 16.8 Å². The van der Waals surface area contributed by atoms with Gasteiger partial charge in [0.1, 0.15) is 5.82 Å². The Morgan fingerprint density at radius 2 is 1.92 bits per heavy atom. The van der Waals surface area contributed by atoms with E-state index >= 15 is 0 Å². The molecule has 3 rings (SSSR count). The molecule has 26 heavy (non-hydrogen) atoms. The van der Waals surface area contributed by atoms with Gasteiger partial charge < -0.3 is 15.5 Å². The molecular weight excluding hydrogens is 357 g/mol. The lowest BCUT2D eigenvalue weighted by molar-refractivity contribution is -0.136. The molecule has 2 aromatic heterocycles. The Labute approximate surface area is 153 Å². The summed E-state index contributed by atoms with van der Waals surface area (Å²) in [5.41, 5.74) is 2.51. The topological polar surface area (TPSA) is 95.3 Å². The number of aryl methyl sites for hydroxylation is 1. The molecule has 0 saturated carbocycles. The van der Waals surface area contributed by atoms with Gasteiger partial charge in [-0.15, -0.1) is 11.3 Å². The lowest BCUT2D eigenvalue weighted by Crippen LogP contribution is -2.06. The third-order valence-electron chi connectivity index (χ3n) is 3.74. The number of anilines is 2. The van der Waals surface area contributed by atoms with Gasteiger partial charge in [-0.3, -0.25) is 4.79 Å². The number of aromatic nitrogens is 2. The third-order valence-corrected chi connectivity index (χ3v) is 4.61. The van der Waals surface area contributed by atoms with E-state index < -0.39 is 5.97 Å². The summed E-state index contributed by atoms with van der Waals surface area (Å²) in [4.78, 5) is 20.1. The molecule has 0 aliphatic carbocycles. The van der Waals surface area contributed by atoms with Crippen LogP contribution in [-0.4, -0.2) is 26.2 Å². The first kappa shape index (κ1) is 18.0. The summed E-state index contributed by atoms with van der Waals surface area (Å²) < 4.78 is 13.3. The predicted octanol–water partition coefficient (Wildman–Crippen LogP) is 3.52. The number of carboxylic acid groups (broad SMARTS) is 1. The minimum Gasteiger partial charge on any atom is -0.481 e. The molecule has 0 bridgehead atoms. The summed E-state index contributed by atoms with van der Waals surface area (Å²) in [6, 6.07) is 9.85. The lowest BCUT2D eigenvalue weighted by Gasteiger charge is -2.13. The summed E-state index contributed by atoms with van der Waals surface area (Å²) in [7, 11) is 0. The molecular formula is C18H16FN3O3S. The molecule has 0 saturated heterocycles. The molecule has 1 aromatic carbocycles. The highest BCUT2D eigenvalue weighted by atomic mass is 32.1. The Hall–Kier alpha value is -2.84. The van der Waals surface area contributed by atoms with Crippen molar-refractivity contribution >= 4 is 28.8 Å². The average molecular weight is 373 g/mol. The van der Waals surface area contributed by atoms with Crippen molar-refractivity contribution in [2.75, 3.05) is 5.32 Å². The van der Waals surface area contributed by atoms with Gasteiger partial charge in [0.25, 0.3) is 0 Å². The van der Waals surface area contributed by atoms with E-state index in [0.717, 1.165) is 11.3 Å². The number of aliphatic hydroxyl groups is 1. The van der Waals surface area contributed by atoms with E-state index in [9.17, 15) is 14.3 Å². The Balaban J connectivity index is 1.92. The summed E-state index contributed by atoms with van der Waals surface area (Å²) in [6.07, 6.45) is -0.0527. The molecule has 0 aliphatic heterocycles. The van der Waals surface area contributed by atoms with Gasteiger partial charge in [0, 0.05) is 16.9 Å². The van der Waals surface area contributed by atoms with Crippen molar-refractivity contribution in [1.29, 1.82) is 0 Å². The van der Waals surface area contributed by atoms with Gasteiger partial charge in [0.2, 0.25) is 0 Å². The fourth-order valence-electron chi connectivity index (χ4n) is 2.45. The van der Waals surface area contributed by atoms with Gasteiger partial charge in [-0.25, -0.2) is 9.97 Å². The van der Waals surface area contributed by atoms with Gasteiger partial charge in [-0.2, -0.15) is 4.39 Å². The van der Waals surface area contributed by atoms with Gasteiger partial charge in [-0.1, -0.05) is 12.1 Å². The summed E-state index contributed by atoms with van der Waals surface area (Å²) in [5, 5.41) is 21.3. The highest BCUT2D eigenvalue weighted by Gasteiger charge is 2.14. The van der Waals surface area contributed by atoms with E-state index in [2.05, 4.69) is 15.3 Å². The molecule has 6 nitrogen and oxygen atoms in total. The molecule has 3 aromatic rings. The molecule has 0 fully saturated rings. The number of carbonyl (C=O) groups is 1. The second-order valence-electron chi connectivity index (χ2n) is 5.61. The highest BCUT2D eigenvalue weighted by molar-refractivity contribution is 7.13. The molecule has 2 heterocycles. The molecule has 3 N–H and O–H groups in total. The zero-order valence-electron chi connectivity index (χ0n) is 13.9. The van der Waals surface area contributed by atoms with Crippen LogP contribution in [0.2, 0.25) is 0 Å². The molecule has 0 atom stereocenters. The number of nitrogens with zero attached hydrogens (tertiary/aromatic N) is 2. The van der Waals surface area contributed by atoms with E-state index in [1.54, 1.807) is 37.3 Å². The number of aliphatic carboxylic acids is 1. The Kier molecular flexibility index (Phi) is 5.24. The van der Waals surface area contributed by atoms with Crippen molar-refractivity contribution in [3.63, 3.8) is 0 Å². The SMILES string of the molecule is Cc1nc(-c2ccc(F)s2)nc(Nc2ccc(CC(=O)O)cc2)c1CO. The van der Waals surface area contributed by atoms with Gasteiger partial charge in [0.05, 0.1) is 17.9 Å². The van der Waals surface area contributed by atoms with E-state index in [0.29, 0.717) is 39.0 Å². The summed E-state index contributed by atoms with van der Waals surface area (Å²) >= 11 is 0.948. The van der Waals surface area contributed by atoms with E-state index in [4.69, 9.17) is 5.11 Å². The van der Waals surface area contributed by atoms with Crippen molar-refractivity contribution in [2.45, 2.75) is 20.0 Å². The van der Waals surface area contributed by atoms with Gasteiger partial charge >= 0.3 is 5.97 Å². The van der Waals surface area contributed by atoms with Crippen LogP contribution in [0.15, 0.2) is 36.4 Å². The highest BCUT2D eigenvalue weighted by Crippen LogP contribution is 2.29. The van der Waals surface area contributed by atoms with Crippen molar-refractivity contribution in [1.82, 2.24) is 9.97 Å². The normalized spacial score (nSPS) is 10.7. The standard InChI is InChI=1S/C18H16FN3O3S/c1-10-13(9-23)17(22-18(20-10)14-6-7-15(19)26-14)21-12-4-2-11(3-5-12)8-16(24)25/h2-7,23H,8-9H2,1H3,(H,24,25)(H,20,21,22). The molecule has 134 valence electrons. The predicted molar refractivity (Wildman–Crippen MR) is 97.0 cm³/mol. The number of thiophene rings is 1. The molecule has 0 amide bonds. The fourth-order valence-corrected chi connectivity index (χ4v) is 3.12. The second-order valence-corrected chi connectivity index (χ2v) is 6.65. The van der Waals surface area contributed by atoms with Gasteiger partial charge in [0.15, 0.2) is 11.0 Å². The van der Waals surface area contributed by atoms with Crippen molar-refractivity contribution < 1.29 is 19.4 Å². The van der Waals surface area contributed by atoms with Crippen LogP contribution in [0.5, 0.6) is 0 Å². The molecule has 0 unspecified atom stereocenters. The smallest absolute Gasteiger partial charge is 0.307 e. The van der Waals surface area contributed by atoms with Crippen LogP contribution in [0.25, 0.3) is 10.7 Å². The average Bonchev–Trinajstić information content (AvgIpc) is 3.02. The first-order chi connectivity index (χ1) is 12.5. The Morgan fingerprint density at radius 3 is 2.50 bits per heavy atom. The maximum Gasteiger partial charge on any atom is 0.307 e. The maximum atomic E-state index is 13.3. The minimum atomic E-state index is -0.896. The van der Waals surface area contributed by atoms with Crippen LogP contribution in [0.3, 0.4) is 0 Å². The van der Waals surface area contributed by atoms with Crippen molar-refractivity contribution in [3.8, 4) is 10.7 Å². The first-order valence-electron chi connectivity index (χ1n) is 7.78. The molecule has 0 aliphatic rings. The lowest BCUT2D eigenvalue weighted by atomic mass is 10.1. The number of rotatable bonds is 6. The Morgan fingerprint density at radius 1 is 1.19 bits per heavy atom. The Bertz CT molecular complexity index is 941. The van der Waals surface area contributed by atoms with Crippen LogP contribution in [0.4, 0.5) is 15.9 Å². The number of halogens is 1. The molecule has 8 heteroatoms. The zero-order valence-corrected chi connectivity index (χ0v) is 14.7. The maximum absolute atomic E-state index is 13.3. The van der Waals surface area contributed by atoms with E-state index in [1.807, 2.05) is 0 Å². The van der Waals surface area contributed by atoms with Crippen LogP contribution >= 0.6 is 11.3 Å². The van der Waals surface area contributed by atoms with E-state index in [1.165, 1.54) is 6.07 Å². The first-order valence-corrected chi connectivity index (χ1v) is 8.59. The van der Waals surface area contributed by atoms with Crippen molar-refractivity contribution in [2.24, 2.45) is 0 Å². The number of hydrogen-bond donors (Lipinski definition) is 3. The monoisotopic (exact) mass is 373 g/mol. The van der Waals surface area contributed by atoms with Crippen LogP contribution in [0, 0.1) is 12.1 Å². The number of carboxylic acids is 1. The quantitative estimate of drug-likeness (QED) is 0.612. The van der Waals surface area contributed by atoms with E-state index in [-0.39, 0.29) is 18.2 Å². The number of aliphatic hydroxyl groups excluding tert-OH is 1. The number of nitrogens with one attached hydrogen (secondary N) is 1. The van der Waals surface area contributed by atoms with Gasteiger partial charge in [-0.05, 0) is 36.8 Å². The summed E-state index contributed by atoms with van der Waals surface area (Å²) in [6.45, 7) is 1.51.